The van der Waals surface area contributed by atoms with E-state index >= 15 is 4.39 Å². The van der Waals surface area contributed by atoms with Crippen molar-refractivity contribution >= 4 is 22.8 Å². The van der Waals surface area contributed by atoms with E-state index in [2.05, 4.69) is 27.1 Å². The van der Waals surface area contributed by atoms with Crippen molar-refractivity contribution < 1.29 is 22.4 Å². The number of nitrogens with one attached hydrogen (secondary N) is 3. The maximum Gasteiger partial charge on any atom is 0.427 e. The second-order valence-electron chi connectivity index (χ2n) is 7.77. The Morgan fingerprint density at radius 1 is 1.25 bits per heavy atom. The van der Waals surface area contributed by atoms with Crippen LogP contribution in [0, 0.1) is 23.6 Å². The Labute approximate surface area is 177 Å². The molecule has 1 atom stereocenters. The SMILES string of the molecule is O=C1Nc2cc(Cn3c(=O)[nH]c4ccncc43)c(F)cc2[C@@](C#CC2CC2)(C(F)(F)F)N1. The van der Waals surface area contributed by atoms with Gasteiger partial charge in [0.05, 0.1) is 23.8 Å². The van der Waals surface area contributed by atoms with Crippen molar-refractivity contribution in [1.29, 1.82) is 0 Å². The predicted octanol–water partition coefficient (Wildman–Crippen LogP) is 3.22. The Bertz CT molecular complexity index is 1380. The van der Waals surface area contributed by atoms with Gasteiger partial charge in [0.15, 0.2) is 0 Å². The Morgan fingerprint density at radius 2 is 2.03 bits per heavy atom. The number of H-pyrrole nitrogens is 1. The molecule has 2 aliphatic rings. The third kappa shape index (κ3) is 3.19. The molecule has 7 nitrogen and oxygen atoms in total. The van der Waals surface area contributed by atoms with Crippen LogP contribution in [-0.2, 0) is 12.1 Å². The summed E-state index contributed by atoms with van der Waals surface area (Å²) < 4.78 is 58.7. The normalized spacial score (nSPS) is 20.2. The van der Waals surface area contributed by atoms with Crippen LogP contribution in [0.4, 0.5) is 28.0 Å². The summed E-state index contributed by atoms with van der Waals surface area (Å²) in [5, 5.41) is 4.15. The van der Waals surface area contributed by atoms with Crippen molar-refractivity contribution in [3.8, 4) is 11.8 Å². The minimum atomic E-state index is -4.99. The van der Waals surface area contributed by atoms with Crippen LogP contribution in [0.5, 0.6) is 0 Å². The number of aromatic nitrogens is 3. The topological polar surface area (TPSA) is 91.8 Å². The lowest BCUT2D eigenvalue weighted by molar-refractivity contribution is -0.178. The monoisotopic (exact) mass is 445 g/mol. The number of hydrogen-bond acceptors (Lipinski definition) is 3. The van der Waals surface area contributed by atoms with Gasteiger partial charge in [0, 0.05) is 28.9 Å². The first kappa shape index (κ1) is 20.1. The van der Waals surface area contributed by atoms with Gasteiger partial charge < -0.3 is 15.6 Å². The molecule has 2 aromatic heterocycles. The Kier molecular flexibility index (Phi) is 4.30. The van der Waals surface area contributed by atoms with Crippen molar-refractivity contribution in [2.75, 3.05) is 5.32 Å². The standard InChI is InChI=1S/C21H15F4N5O2/c22-14-8-13-16(7-12(14)10-30-17-9-26-6-4-15(17)28-19(30)32)27-18(31)29-20(13,21(23,24)25)5-3-11-1-2-11/h4,6-9,11H,1-2,10H2,(H,28,32)(H2,27,29,31)/t20-/m0/s1. The van der Waals surface area contributed by atoms with E-state index in [1.807, 2.05) is 5.32 Å². The van der Waals surface area contributed by atoms with E-state index in [-0.39, 0.29) is 23.7 Å². The average Bonchev–Trinajstić information content (AvgIpc) is 3.50. The van der Waals surface area contributed by atoms with Crippen LogP contribution in [0.15, 0.2) is 35.4 Å². The van der Waals surface area contributed by atoms with Gasteiger partial charge in [0.2, 0.25) is 5.54 Å². The number of aromatic amines is 1. The molecule has 1 fully saturated rings. The van der Waals surface area contributed by atoms with E-state index in [4.69, 9.17) is 0 Å². The van der Waals surface area contributed by atoms with Crippen molar-refractivity contribution in [1.82, 2.24) is 19.9 Å². The summed E-state index contributed by atoms with van der Waals surface area (Å²) in [6.45, 7) is -0.278. The molecule has 164 valence electrons. The number of urea groups is 1. The number of halogens is 4. The maximum absolute atomic E-state index is 15.0. The summed E-state index contributed by atoms with van der Waals surface area (Å²) in [6.07, 6.45) is -0.737. The third-order valence-electron chi connectivity index (χ3n) is 5.51. The molecule has 1 saturated carbocycles. The molecule has 0 radical (unpaired) electrons. The van der Waals surface area contributed by atoms with Crippen molar-refractivity contribution in [3.63, 3.8) is 0 Å². The zero-order chi connectivity index (χ0) is 22.7. The zero-order valence-electron chi connectivity index (χ0n) is 16.3. The van der Waals surface area contributed by atoms with Gasteiger partial charge in [-0.25, -0.2) is 14.0 Å². The fourth-order valence-electron chi connectivity index (χ4n) is 3.70. The van der Waals surface area contributed by atoms with E-state index in [1.54, 1.807) is 6.07 Å². The highest BCUT2D eigenvalue weighted by Gasteiger charge is 2.59. The lowest BCUT2D eigenvalue weighted by Crippen LogP contribution is -2.59. The van der Waals surface area contributed by atoms with E-state index < -0.39 is 34.8 Å². The summed E-state index contributed by atoms with van der Waals surface area (Å²) in [7, 11) is 0. The van der Waals surface area contributed by atoms with E-state index in [1.165, 1.54) is 17.0 Å². The van der Waals surface area contributed by atoms with Crippen LogP contribution in [0.2, 0.25) is 0 Å². The molecule has 1 aliphatic carbocycles. The number of anilines is 1. The van der Waals surface area contributed by atoms with Gasteiger partial charge >= 0.3 is 17.9 Å². The van der Waals surface area contributed by atoms with Gasteiger partial charge in [-0.1, -0.05) is 11.8 Å². The molecule has 0 bridgehead atoms. The van der Waals surface area contributed by atoms with Crippen molar-refractivity contribution in [3.05, 3.63) is 58.0 Å². The average molecular weight is 445 g/mol. The maximum atomic E-state index is 15.0. The Morgan fingerprint density at radius 3 is 2.75 bits per heavy atom. The van der Waals surface area contributed by atoms with Gasteiger partial charge in [-0.2, -0.15) is 13.2 Å². The quantitative estimate of drug-likeness (QED) is 0.418. The lowest BCUT2D eigenvalue weighted by atomic mass is 9.85. The number of pyridine rings is 1. The van der Waals surface area contributed by atoms with Crippen LogP contribution in [0.3, 0.4) is 0 Å². The summed E-state index contributed by atoms with van der Waals surface area (Å²) in [5.74, 6) is 3.57. The molecule has 1 aliphatic heterocycles. The molecule has 5 rings (SSSR count). The third-order valence-corrected chi connectivity index (χ3v) is 5.51. The smallest absolute Gasteiger partial charge is 0.310 e. The predicted molar refractivity (Wildman–Crippen MR) is 106 cm³/mol. The van der Waals surface area contributed by atoms with Gasteiger partial charge in [-0.15, -0.1) is 0 Å². The number of hydrogen-bond donors (Lipinski definition) is 3. The molecule has 3 aromatic rings. The van der Waals surface area contributed by atoms with Crippen molar-refractivity contribution in [2.24, 2.45) is 5.92 Å². The first-order valence-electron chi connectivity index (χ1n) is 9.72. The summed E-state index contributed by atoms with van der Waals surface area (Å²) in [4.78, 5) is 31.0. The highest BCUT2D eigenvalue weighted by atomic mass is 19.4. The summed E-state index contributed by atoms with van der Waals surface area (Å²) in [5.41, 5.74) is -3.52. The first-order chi connectivity index (χ1) is 15.2. The number of amides is 2. The van der Waals surface area contributed by atoms with Crippen LogP contribution < -0.4 is 16.3 Å². The zero-order valence-corrected chi connectivity index (χ0v) is 16.3. The molecule has 0 spiro atoms. The van der Waals surface area contributed by atoms with Gasteiger partial charge in [-0.05, 0) is 31.0 Å². The minimum absolute atomic E-state index is 0.0796. The van der Waals surface area contributed by atoms with Crippen LogP contribution in [0.25, 0.3) is 11.0 Å². The number of rotatable bonds is 2. The van der Waals surface area contributed by atoms with Gasteiger partial charge in [-0.3, -0.25) is 9.55 Å². The van der Waals surface area contributed by atoms with E-state index in [0.717, 1.165) is 6.07 Å². The molecule has 32 heavy (non-hydrogen) atoms. The van der Waals surface area contributed by atoms with Crippen LogP contribution >= 0.6 is 0 Å². The second-order valence-corrected chi connectivity index (χ2v) is 7.77. The molecule has 3 heterocycles. The Hall–Kier alpha value is -3.81. The molecule has 0 unspecified atom stereocenters. The van der Waals surface area contributed by atoms with Crippen molar-refractivity contribution in [2.45, 2.75) is 31.1 Å². The number of carbonyl (C=O) groups excluding carboxylic acids is 1. The highest BCUT2D eigenvalue weighted by molar-refractivity contribution is 5.95. The number of imidazole rings is 1. The highest BCUT2D eigenvalue weighted by Crippen LogP contribution is 2.45. The summed E-state index contributed by atoms with van der Waals surface area (Å²) >= 11 is 0. The van der Waals surface area contributed by atoms with Gasteiger partial charge in [0.25, 0.3) is 0 Å². The summed E-state index contributed by atoms with van der Waals surface area (Å²) in [6, 6.07) is 2.28. The number of alkyl halides is 3. The van der Waals surface area contributed by atoms with Gasteiger partial charge in [0.1, 0.15) is 5.82 Å². The number of carbonyl (C=O) groups is 1. The molecule has 1 aromatic carbocycles. The van der Waals surface area contributed by atoms with Crippen LogP contribution in [0.1, 0.15) is 24.0 Å². The Balaban J connectivity index is 1.64. The second kappa shape index (κ2) is 6.85. The van der Waals surface area contributed by atoms with E-state index in [9.17, 15) is 22.8 Å². The molecule has 11 heteroatoms. The van der Waals surface area contributed by atoms with E-state index in [0.29, 0.717) is 29.9 Å². The molecular weight excluding hydrogens is 430 g/mol. The number of nitrogens with zero attached hydrogens (tertiary/aromatic N) is 2. The van der Waals surface area contributed by atoms with Crippen LogP contribution in [-0.4, -0.2) is 26.7 Å². The molecule has 3 N–H and O–H groups in total. The number of benzene rings is 1. The molecule has 0 saturated heterocycles. The lowest BCUT2D eigenvalue weighted by Gasteiger charge is -2.37. The minimum Gasteiger partial charge on any atom is -0.310 e. The fourth-order valence-corrected chi connectivity index (χ4v) is 3.70. The largest absolute Gasteiger partial charge is 0.427 e. The first-order valence-corrected chi connectivity index (χ1v) is 9.72. The molecular formula is C21H15F4N5O2. The fraction of sp³-hybridized carbons (Fsp3) is 0.286. The number of fused-ring (bicyclic) bond motifs is 2. The molecule has 2 amide bonds.